The molecule has 0 aromatic rings. The van der Waals surface area contributed by atoms with E-state index in [1.165, 1.54) is 6.92 Å². The summed E-state index contributed by atoms with van der Waals surface area (Å²) in [4.78, 5) is 0. The molecule has 1 rings (SSSR count). The molecule has 0 amide bonds. The monoisotopic (exact) mass is 162 g/mol. The van der Waals surface area contributed by atoms with Crippen LogP contribution in [-0.4, -0.2) is 45.8 Å². The molecule has 1 heterocycles. The molecular weight excluding hydrogens is 148 g/mol. The van der Waals surface area contributed by atoms with E-state index in [0.29, 0.717) is 0 Å². The topological polar surface area (TPSA) is 69.9 Å². The Morgan fingerprint density at radius 3 is 2.27 bits per heavy atom. The first-order valence-corrected chi connectivity index (χ1v) is 3.67. The smallest absolute Gasteiger partial charge is 0.118 e. The zero-order valence-corrected chi connectivity index (χ0v) is 6.69. The van der Waals surface area contributed by atoms with Gasteiger partial charge < -0.3 is 20.1 Å². The van der Waals surface area contributed by atoms with E-state index in [2.05, 4.69) is 0 Å². The van der Waals surface area contributed by atoms with Gasteiger partial charge in [-0.2, -0.15) is 0 Å². The van der Waals surface area contributed by atoms with Gasteiger partial charge in [0.05, 0.1) is 12.7 Å². The summed E-state index contributed by atoms with van der Waals surface area (Å²) >= 11 is 0. The lowest BCUT2D eigenvalue weighted by Gasteiger charge is -2.24. The average Bonchev–Trinajstić information content (AvgIpc) is 2.13. The third kappa shape index (κ3) is 1.27. The summed E-state index contributed by atoms with van der Waals surface area (Å²) in [6.45, 7) is 2.85. The molecule has 0 saturated carbocycles. The first-order valence-electron chi connectivity index (χ1n) is 3.67. The molecule has 0 aromatic heterocycles. The van der Waals surface area contributed by atoms with Crippen molar-refractivity contribution in [1.29, 1.82) is 0 Å². The average molecular weight is 162 g/mol. The quantitative estimate of drug-likeness (QED) is 0.456. The summed E-state index contributed by atoms with van der Waals surface area (Å²) in [5.41, 5.74) is -1.33. The van der Waals surface area contributed by atoms with Crippen molar-refractivity contribution in [1.82, 2.24) is 0 Å². The van der Waals surface area contributed by atoms with E-state index in [4.69, 9.17) is 9.84 Å². The second kappa shape index (κ2) is 2.71. The fourth-order valence-corrected chi connectivity index (χ4v) is 1.36. The Morgan fingerprint density at radius 2 is 2.09 bits per heavy atom. The SMILES string of the molecule is C[C@@H]1O[C@H](CO)[C@@](C)(O)[C@H]1O. The molecule has 1 saturated heterocycles. The van der Waals surface area contributed by atoms with E-state index in [1.807, 2.05) is 0 Å². The minimum atomic E-state index is -1.33. The fraction of sp³-hybridized carbons (Fsp3) is 1.00. The molecule has 4 heteroatoms. The second-order valence-electron chi connectivity index (χ2n) is 3.18. The van der Waals surface area contributed by atoms with Crippen molar-refractivity contribution in [2.45, 2.75) is 37.8 Å². The maximum Gasteiger partial charge on any atom is 0.118 e. The van der Waals surface area contributed by atoms with Gasteiger partial charge >= 0.3 is 0 Å². The van der Waals surface area contributed by atoms with E-state index in [9.17, 15) is 10.2 Å². The van der Waals surface area contributed by atoms with E-state index in [0.717, 1.165) is 0 Å². The number of hydrogen-bond donors (Lipinski definition) is 3. The summed E-state index contributed by atoms with van der Waals surface area (Å²) < 4.78 is 5.09. The molecular formula is C7H14O4. The van der Waals surface area contributed by atoms with Gasteiger partial charge in [0.15, 0.2) is 0 Å². The normalized spacial score (nSPS) is 51.5. The lowest BCUT2D eigenvalue weighted by molar-refractivity contribution is -0.0792. The molecule has 0 unspecified atom stereocenters. The highest BCUT2D eigenvalue weighted by atomic mass is 16.6. The minimum Gasteiger partial charge on any atom is -0.394 e. The van der Waals surface area contributed by atoms with Crippen LogP contribution in [0.3, 0.4) is 0 Å². The first-order chi connectivity index (χ1) is 5.00. The zero-order chi connectivity index (χ0) is 8.65. The molecule has 1 aliphatic rings. The van der Waals surface area contributed by atoms with Crippen molar-refractivity contribution in [2.75, 3.05) is 6.61 Å². The zero-order valence-electron chi connectivity index (χ0n) is 6.69. The van der Waals surface area contributed by atoms with Crippen LogP contribution in [0.2, 0.25) is 0 Å². The van der Waals surface area contributed by atoms with Crippen LogP contribution in [0.5, 0.6) is 0 Å². The van der Waals surface area contributed by atoms with Crippen LogP contribution < -0.4 is 0 Å². The van der Waals surface area contributed by atoms with Crippen LogP contribution >= 0.6 is 0 Å². The maximum atomic E-state index is 9.56. The Bertz CT molecular complexity index is 145. The van der Waals surface area contributed by atoms with E-state index >= 15 is 0 Å². The van der Waals surface area contributed by atoms with Gasteiger partial charge in [-0.1, -0.05) is 0 Å². The van der Waals surface area contributed by atoms with Crippen molar-refractivity contribution in [3.05, 3.63) is 0 Å². The van der Waals surface area contributed by atoms with Gasteiger partial charge in [-0.05, 0) is 13.8 Å². The molecule has 4 atom stereocenters. The number of aliphatic hydroxyl groups is 3. The van der Waals surface area contributed by atoms with Crippen molar-refractivity contribution in [3.63, 3.8) is 0 Å². The molecule has 0 spiro atoms. The highest BCUT2D eigenvalue weighted by Crippen LogP contribution is 2.30. The molecule has 0 aromatic carbocycles. The molecule has 1 fully saturated rings. The van der Waals surface area contributed by atoms with Crippen molar-refractivity contribution in [2.24, 2.45) is 0 Å². The molecule has 11 heavy (non-hydrogen) atoms. The summed E-state index contributed by atoms with van der Waals surface area (Å²) in [7, 11) is 0. The first kappa shape index (κ1) is 8.93. The maximum absolute atomic E-state index is 9.56. The van der Waals surface area contributed by atoms with Crippen molar-refractivity contribution in [3.8, 4) is 0 Å². The fourth-order valence-electron chi connectivity index (χ4n) is 1.36. The molecule has 1 aliphatic heterocycles. The highest BCUT2D eigenvalue weighted by molar-refractivity contribution is 4.98. The second-order valence-corrected chi connectivity index (χ2v) is 3.18. The lowest BCUT2D eigenvalue weighted by atomic mass is 9.94. The summed E-state index contributed by atoms with van der Waals surface area (Å²) in [6, 6.07) is 0. The summed E-state index contributed by atoms with van der Waals surface area (Å²) in [6.07, 6.45) is -2.01. The Kier molecular flexibility index (Phi) is 2.20. The number of ether oxygens (including phenoxy) is 1. The van der Waals surface area contributed by atoms with Gasteiger partial charge in [-0.15, -0.1) is 0 Å². The van der Waals surface area contributed by atoms with Crippen LogP contribution in [0.15, 0.2) is 0 Å². The third-order valence-corrected chi connectivity index (χ3v) is 2.24. The van der Waals surface area contributed by atoms with Gasteiger partial charge in [0.25, 0.3) is 0 Å². The van der Waals surface area contributed by atoms with Crippen molar-refractivity contribution < 1.29 is 20.1 Å². The van der Waals surface area contributed by atoms with E-state index < -0.39 is 23.9 Å². The molecule has 0 bridgehead atoms. The van der Waals surface area contributed by atoms with Crippen LogP contribution in [-0.2, 0) is 4.74 Å². The largest absolute Gasteiger partial charge is 0.394 e. The highest BCUT2D eigenvalue weighted by Gasteiger charge is 2.49. The molecule has 0 aliphatic carbocycles. The summed E-state index contributed by atoms with van der Waals surface area (Å²) in [5, 5.41) is 27.6. The number of aliphatic hydroxyl groups excluding tert-OH is 2. The minimum absolute atomic E-state index is 0.269. The number of hydrogen-bond acceptors (Lipinski definition) is 4. The van der Waals surface area contributed by atoms with E-state index in [1.54, 1.807) is 6.92 Å². The number of rotatable bonds is 1. The van der Waals surface area contributed by atoms with Crippen LogP contribution in [0, 0.1) is 0 Å². The summed E-state index contributed by atoms with van der Waals surface area (Å²) in [5.74, 6) is 0. The van der Waals surface area contributed by atoms with E-state index in [-0.39, 0.29) is 6.61 Å². The Balaban J connectivity index is 2.74. The third-order valence-electron chi connectivity index (χ3n) is 2.24. The van der Waals surface area contributed by atoms with Crippen LogP contribution in [0.25, 0.3) is 0 Å². The standard InChI is InChI=1S/C7H14O4/c1-4-6(9)7(2,10)5(3-8)11-4/h4-6,8-10H,3H2,1-2H3/t4-,5+,6-,7+/m0/s1. The van der Waals surface area contributed by atoms with Crippen LogP contribution in [0.4, 0.5) is 0 Å². The van der Waals surface area contributed by atoms with Gasteiger partial charge in [-0.25, -0.2) is 0 Å². The lowest BCUT2D eigenvalue weighted by Crippen LogP contribution is -2.46. The predicted molar refractivity (Wildman–Crippen MR) is 38.1 cm³/mol. The molecule has 0 radical (unpaired) electrons. The Hall–Kier alpha value is -0.160. The molecule has 4 nitrogen and oxygen atoms in total. The Morgan fingerprint density at radius 1 is 1.55 bits per heavy atom. The van der Waals surface area contributed by atoms with Gasteiger partial charge in [0.2, 0.25) is 0 Å². The Labute approximate surface area is 65.4 Å². The van der Waals surface area contributed by atoms with Crippen molar-refractivity contribution >= 4 is 0 Å². The molecule has 66 valence electrons. The van der Waals surface area contributed by atoms with Gasteiger partial charge in [-0.3, -0.25) is 0 Å². The van der Waals surface area contributed by atoms with Gasteiger partial charge in [0.1, 0.15) is 17.8 Å². The van der Waals surface area contributed by atoms with Gasteiger partial charge in [0, 0.05) is 0 Å². The predicted octanol–water partition coefficient (Wildman–Crippen LogP) is -1.12. The van der Waals surface area contributed by atoms with Crippen LogP contribution in [0.1, 0.15) is 13.8 Å². The molecule has 3 N–H and O–H groups in total.